The van der Waals surface area contributed by atoms with Gasteiger partial charge in [-0.15, -0.1) is 0 Å². The molecule has 1 amide bonds. The first kappa shape index (κ1) is 16.2. The molecule has 0 bridgehead atoms. The van der Waals surface area contributed by atoms with Gasteiger partial charge >= 0.3 is 0 Å². The molecule has 0 aliphatic carbocycles. The topological polar surface area (TPSA) is 50.4 Å². The van der Waals surface area contributed by atoms with Crippen LogP contribution in [0, 0.1) is 5.82 Å². The Kier molecular flexibility index (Phi) is 5.68. The maximum atomic E-state index is 12.8. The number of rotatable bonds is 4. The molecule has 0 aliphatic heterocycles. The summed E-state index contributed by atoms with van der Waals surface area (Å²) in [6, 6.07) is 12.2. The zero-order valence-corrected chi connectivity index (χ0v) is 12.9. The molecule has 4 nitrogen and oxygen atoms in total. The molecule has 0 aromatic heterocycles. The van der Waals surface area contributed by atoms with Gasteiger partial charge < -0.3 is 10.1 Å². The largest absolute Gasteiger partial charge is 0.484 e. The van der Waals surface area contributed by atoms with Crippen LogP contribution in [-0.2, 0) is 4.79 Å². The fourth-order valence-electron chi connectivity index (χ4n) is 1.54. The minimum Gasteiger partial charge on any atom is -0.484 e. The lowest BCUT2D eigenvalue weighted by Crippen LogP contribution is -2.37. The van der Waals surface area contributed by atoms with Crippen LogP contribution in [0.3, 0.4) is 0 Å². The second kappa shape index (κ2) is 7.72. The molecule has 2 aromatic rings. The molecule has 22 heavy (non-hydrogen) atoms. The maximum Gasteiger partial charge on any atom is 0.264 e. The SMILES string of the molecule is O=C(COc1ccc(Cl)cc1)NC(=S)Nc1ccc(F)cc1. The Hall–Kier alpha value is -2.18. The van der Waals surface area contributed by atoms with Gasteiger partial charge in [0, 0.05) is 10.7 Å². The summed E-state index contributed by atoms with van der Waals surface area (Å²) in [5.74, 6) is -0.233. The number of amides is 1. The van der Waals surface area contributed by atoms with Gasteiger partial charge in [0.1, 0.15) is 11.6 Å². The van der Waals surface area contributed by atoms with Gasteiger partial charge in [-0.2, -0.15) is 0 Å². The summed E-state index contributed by atoms with van der Waals surface area (Å²) in [6.45, 7) is -0.188. The summed E-state index contributed by atoms with van der Waals surface area (Å²) in [5.41, 5.74) is 0.574. The third kappa shape index (κ3) is 5.31. The number of ether oxygens (including phenoxy) is 1. The van der Waals surface area contributed by atoms with Crippen LogP contribution in [0.2, 0.25) is 5.02 Å². The summed E-state index contributed by atoms with van der Waals surface area (Å²) in [6.07, 6.45) is 0. The van der Waals surface area contributed by atoms with Gasteiger partial charge in [-0.3, -0.25) is 10.1 Å². The molecule has 0 fully saturated rings. The first-order valence-electron chi connectivity index (χ1n) is 6.28. The smallest absolute Gasteiger partial charge is 0.264 e. The fraction of sp³-hybridized carbons (Fsp3) is 0.0667. The summed E-state index contributed by atoms with van der Waals surface area (Å²) in [7, 11) is 0. The third-order valence-corrected chi connectivity index (χ3v) is 2.99. The highest BCUT2D eigenvalue weighted by Gasteiger charge is 2.06. The Morgan fingerprint density at radius 1 is 1.14 bits per heavy atom. The molecule has 2 N–H and O–H groups in total. The highest BCUT2D eigenvalue weighted by atomic mass is 35.5. The number of halogens is 2. The van der Waals surface area contributed by atoms with E-state index in [0.29, 0.717) is 16.5 Å². The third-order valence-electron chi connectivity index (χ3n) is 2.54. The highest BCUT2D eigenvalue weighted by Crippen LogP contribution is 2.15. The van der Waals surface area contributed by atoms with E-state index in [0.717, 1.165) is 0 Å². The quantitative estimate of drug-likeness (QED) is 0.839. The van der Waals surface area contributed by atoms with Crippen molar-refractivity contribution < 1.29 is 13.9 Å². The van der Waals surface area contributed by atoms with Crippen LogP contribution in [0.5, 0.6) is 5.75 Å². The minimum atomic E-state index is -0.408. The number of hydrogen-bond donors (Lipinski definition) is 2. The summed E-state index contributed by atoms with van der Waals surface area (Å²) in [4.78, 5) is 11.7. The summed E-state index contributed by atoms with van der Waals surface area (Å²) < 4.78 is 18.0. The Balaban J connectivity index is 1.77. The van der Waals surface area contributed by atoms with Crippen molar-refractivity contribution in [1.29, 1.82) is 0 Å². The number of benzene rings is 2. The molecule has 7 heteroatoms. The Labute approximate surface area is 137 Å². The van der Waals surface area contributed by atoms with Crippen LogP contribution >= 0.6 is 23.8 Å². The number of anilines is 1. The molecular formula is C15H12ClFN2O2S. The maximum absolute atomic E-state index is 12.8. The van der Waals surface area contributed by atoms with Crippen molar-refractivity contribution in [1.82, 2.24) is 5.32 Å². The average Bonchev–Trinajstić information content (AvgIpc) is 2.49. The molecule has 2 aromatic carbocycles. The van der Waals surface area contributed by atoms with Crippen molar-refractivity contribution in [3.05, 3.63) is 59.4 Å². The molecule has 0 saturated carbocycles. The lowest BCUT2D eigenvalue weighted by atomic mass is 10.3. The van der Waals surface area contributed by atoms with E-state index in [2.05, 4.69) is 10.6 Å². The Morgan fingerprint density at radius 3 is 2.41 bits per heavy atom. The van der Waals surface area contributed by atoms with Gasteiger partial charge in [0.05, 0.1) is 0 Å². The van der Waals surface area contributed by atoms with Crippen molar-refractivity contribution in [2.75, 3.05) is 11.9 Å². The van der Waals surface area contributed by atoms with Crippen molar-refractivity contribution in [3.63, 3.8) is 0 Å². The van der Waals surface area contributed by atoms with Crippen LogP contribution in [0.1, 0.15) is 0 Å². The van der Waals surface area contributed by atoms with Crippen LogP contribution < -0.4 is 15.4 Å². The van der Waals surface area contributed by atoms with Gasteiger partial charge in [-0.1, -0.05) is 11.6 Å². The molecular weight excluding hydrogens is 327 g/mol. The predicted molar refractivity (Wildman–Crippen MR) is 87.7 cm³/mol. The Morgan fingerprint density at radius 2 is 1.77 bits per heavy atom. The normalized spacial score (nSPS) is 9.91. The van der Waals surface area contributed by atoms with Crippen LogP contribution in [0.25, 0.3) is 0 Å². The minimum absolute atomic E-state index is 0.108. The van der Waals surface area contributed by atoms with E-state index < -0.39 is 5.91 Å². The van der Waals surface area contributed by atoms with Crippen LogP contribution in [0.15, 0.2) is 48.5 Å². The van der Waals surface area contributed by atoms with E-state index in [1.807, 2.05) is 0 Å². The number of carbonyl (C=O) groups is 1. The molecule has 2 rings (SSSR count). The van der Waals surface area contributed by atoms with Crippen molar-refractivity contribution in [3.8, 4) is 5.75 Å². The molecule has 0 saturated heterocycles. The Bertz CT molecular complexity index is 662. The standard InChI is InChI=1S/C15H12ClFN2O2S/c16-10-1-7-13(8-2-10)21-9-14(20)19-15(22)18-12-5-3-11(17)4-6-12/h1-8H,9H2,(H2,18,19,20,22). The van der Waals surface area contributed by atoms with Crippen molar-refractivity contribution in [2.45, 2.75) is 0 Å². The van der Waals surface area contributed by atoms with Gasteiger partial charge in [0.25, 0.3) is 5.91 Å². The molecule has 0 atom stereocenters. The van der Waals surface area contributed by atoms with E-state index in [1.54, 1.807) is 24.3 Å². The van der Waals surface area contributed by atoms with E-state index in [1.165, 1.54) is 24.3 Å². The highest BCUT2D eigenvalue weighted by molar-refractivity contribution is 7.80. The average molecular weight is 339 g/mol. The number of nitrogens with one attached hydrogen (secondary N) is 2. The molecule has 0 spiro atoms. The van der Waals surface area contributed by atoms with E-state index >= 15 is 0 Å². The zero-order valence-electron chi connectivity index (χ0n) is 11.3. The van der Waals surface area contributed by atoms with Crippen molar-refractivity contribution >= 4 is 40.5 Å². The molecule has 0 unspecified atom stereocenters. The molecule has 0 radical (unpaired) electrons. The van der Waals surface area contributed by atoms with E-state index in [9.17, 15) is 9.18 Å². The summed E-state index contributed by atoms with van der Waals surface area (Å²) >= 11 is 10.7. The summed E-state index contributed by atoms with van der Waals surface area (Å²) in [5, 5.41) is 5.92. The second-order valence-corrected chi connectivity index (χ2v) is 5.10. The lowest BCUT2D eigenvalue weighted by Gasteiger charge is -2.10. The second-order valence-electron chi connectivity index (χ2n) is 4.25. The molecule has 114 valence electrons. The predicted octanol–water partition coefficient (Wildman–Crippen LogP) is 3.37. The van der Waals surface area contributed by atoms with Crippen LogP contribution in [-0.4, -0.2) is 17.6 Å². The van der Waals surface area contributed by atoms with Crippen molar-refractivity contribution in [2.24, 2.45) is 0 Å². The van der Waals surface area contributed by atoms with Gasteiger partial charge in [-0.25, -0.2) is 4.39 Å². The first-order valence-corrected chi connectivity index (χ1v) is 7.06. The van der Waals surface area contributed by atoms with Gasteiger partial charge in [0.2, 0.25) is 0 Å². The monoisotopic (exact) mass is 338 g/mol. The van der Waals surface area contributed by atoms with Gasteiger partial charge in [-0.05, 0) is 60.7 Å². The van der Waals surface area contributed by atoms with E-state index in [4.69, 9.17) is 28.6 Å². The van der Waals surface area contributed by atoms with E-state index in [-0.39, 0.29) is 17.5 Å². The van der Waals surface area contributed by atoms with Crippen LogP contribution in [0.4, 0.5) is 10.1 Å². The lowest BCUT2D eigenvalue weighted by molar-refractivity contribution is -0.121. The molecule has 0 heterocycles. The fourth-order valence-corrected chi connectivity index (χ4v) is 1.90. The number of hydrogen-bond acceptors (Lipinski definition) is 3. The first-order chi connectivity index (χ1) is 10.5. The zero-order chi connectivity index (χ0) is 15.9. The molecule has 0 aliphatic rings. The van der Waals surface area contributed by atoms with Gasteiger partial charge in [0.15, 0.2) is 11.7 Å². The number of carbonyl (C=O) groups excluding carboxylic acids is 1. The number of thiocarbonyl (C=S) groups is 1.